The van der Waals surface area contributed by atoms with E-state index in [-0.39, 0.29) is 11.9 Å². The summed E-state index contributed by atoms with van der Waals surface area (Å²) in [5, 5.41) is 3.37. The molecule has 2 fully saturated rings. The van der Waals surface area contributed by atoms with E-state index < -0.39 is 0 Å². The van der Waals surface area contributed by atoms with E-state index >= 15 is 0 Å². The van der Waals surface area contributed by atoms with Gasteiger partial charge in [0, 0.05) is 51.7 Å². The molecule has 0 radical (unpaired) electrons. The second-order valence-corrected chi connectivity index (χ2v) is 6.50. The topological polar surface area (TPSA) is 48.5 Å². The molecule has 120 valence electrons. The number of hydrogen-bond donors (Lipinski definition) is 1. The van der Waals surface area contributed by atoms with Gasteiger partial charge in [-0.05, 0) is 36.5 Å². The smallest absolute Gasteiger partial charge is 0.244 e. The predicted octanol–water partition coefficient (Wildman–Crippen LogP) is 1.29. The third kappa shape index (κ3) is 3.47. The highest BCUT2D eigenvalue weighted by Gasteiger charge is 2.33. The van der Waals surface area contributed by atoms with Crippen LogP contribution in [0.5, 0.6) is 0 Å². The summed E-state index contributed by atoms with van der Waals surface area (Å²) < 4.78 is 0. The second-order valence-electron chi connectivity index (χ2n) is 6.50. The van der Waals surface area contributed by atoms with Crippen molar-refractivity contribution in [1.29, 1.82) is 0 Å². The van der Waals surface area contributed by atoms with Gasteiger partial charge in [-0.25, -0.2) is 0 Å². The first kappa shape index (κ1) is 15.4. The molecular formula is C17H26N4O. The fourth-order valence-electron chi connectivity index (χ4n) is 3.56. The molecule has 2 aliphatic heterocycles. The molecule has 5 heteroatoms. The number of hydrogen-bond acceptors (Lipinski definition) is 4. The monoisotopic (exact) mass is 302 g/mol. The molecule has 3 heterocycles. The molecule has 1 aromatic heterocycles. The quantitative estimate of drug-likeness (QED) is 0.914. The van der Waals surface area contributed by atoms with Crippen LogP contribution in [-0.4, -0.2) is 60.0 Å². The summed E-state index contributed by atoms with van der Waals surface area (Å²) >= 11 is 0. The average Bonchev–Trinajstić information content (AvgIpc) is 2.57. The number of piperazine rings is 1. The van der Waals surface area contributed by atoms with E-state index in [1.54, 1.807) is 12.4 Å². The van der Waals surface area contributed by atoms with Gasteiger partial charge in [0.15, 0.2) is 0 Å². The lowest BCUT2D eigenvalue weighted by atomic mass is 9.97. The van der Waals surface area contributed by atoms with Crippen LogP contribution >= 0.6 is 0 Å². The van der Waals surface area contributed by atoms with Crippen molar-refractivity contribution in [2.24, 2.45) is 5.92 Å². The molecule has 22 heavy (non-hydrogen) atoms. The van der Waals surface area contributed by atoms with E-state index in [9.17, 15) is 4.79 Å². The number of piperidine rings is 1. The van der Waals surface area contributed by atoms with Crippen molar-refractivity contribution in [2.75, 3.05) is 39.3 Å². The Morgan fingerprint density at radius 3 is 2.68 bits per heavy atom. The highest BCUT2D eigenvalue weighted by atomic mass is 16.2. The van der Waals surface area contributed by atoms with Gasteiger partial charge in [0.1, 0.15) is 6.04 Å². The first-order valence-electron chi connectivity index (χ1n) is 8.39. The van der Waals surface area contributed by atoms with Gasteiger partial charge in [-0.15, -0.1) is 0 Å². The summed E-state index contributed by atoms with van der Waals surface area (Å²) in [6.45, 7) is 7.77. The van der Waals surface area contributed by atoms with Crippen molar-refractivity contribution < 1.29 is 4.79 Å². The van der Waals surface area contributed by atoms with Gasteiger partial charge < -0.3 is 10.2 Å². The summed E-state index contributed by atoms with van der Waals surface area (Å²) in [7, 11) is 0. The Morgan fingerprint density at radius 2 is 2.00 bits per heavy atom. The van der Waals surface area contributed by atoms with E-state index in [2.05, 4.69) is 27.0 Å². The van der Waals surface area contributed by atoms with Gasteiger partial charge in [-0.1, -0.05) is 6.92 Å². The number of aromatic nitrogens is 1. The Hall–Kier alpha value is -1.46. The van der Waals surface area contributed by atoms with Crippen molar-refractivity contribution in [3.05, 3.63) is 30.1 Å². The van der Waals surface area contributed by atoms with Crippen LogP contribution in [0, 0.1) is 5.92 Å². The van der Waals surface area contributed by atoms with E-state index in [0.717, 1.165) is 51.3 Å². The first-order valence-corrected chi connectivity index (χ1v) is 8.39. The first-order chi connectivity index (χ1) is 10.8. The molecule has 0 spiro atoms. The largest absolute Gasteiger partial charge is 0.341 e. The van der Waals surface area contributed by atoms with Crippen molar-refractivity contribution in [3.8, 4) is 0 Å². The van der Waals surface area contributed by atoms with Gasteiger partial charge in [-0.3, -0.25) is 14.7 Å². The molecule has 2 unspecified atom stereocenters. The number of amides is 1. The van der Waals surface area contributed by atoms with E-state index in [1.807, 2.05) is 12.1 Å². The van der Waals surface area contributed by atoms with Crippen molar-refractivity contribution in [3.63, 3.8) is 0 Å². The van der Waals surface area contributed by atoms with Crippen LogP contribution in [-0.2, 0) is 4.79 Å². The highest BCUT2D eigenvalue weighted by molar-refractivity contribution is 5.83. The maximum absolute atomic E-state index is 13.2. The van der Waals surface area contributed by atoms with Crippen molar-refractivity contribution >= 4 is 5.91 Å². The number of nitrogens with one attached hydrogen (secondary N) is 1. The molecule has 5 nitrogen and oxygen atoms in total. The number of pyridine rings is 1. The lowest BCUT2D eigenvalue weighted by Gasteiger charge is -2.39. The Labute approximate surface area is 132 Å². The Kier molecular flexibility index (Phi) is 5.05. The van der Waals surface area contributed by atoms with Gasteiger partial charge in [-0.2, -0.15) is 0 Å². The molecule has 3 rings (SSSR count). The normalized spacial score (nSPS) is 25.0. The third-order valence-corrected chi connectivity index (χ3v) is 4.74. The van der Waals surface area contributed by atoms with Crippen LogP contribution < -0.4 is 5.32 Å². The van der Waals surface area contributed by atoms with Gasteiger partial charge in [0.05, 0.1) is 0 Å². The highest BCUT2D eigenvalue weighted by Crippen LogP contribution is 2.26. The molecule has 2 aliphatic rings. The van der Waals surface area contributed by atoms with Gasteiger partial charge >= 0.3 is 0 Å². The molecular weight excluding hydrogens is 276 g/mol. The second kappa shape index (κ2) is 7.20. The molecule has 0 aliphatic carbocycles. The van der Waals surface area contributed by atoms with Crippen LogP contribution in [0.2, 0.25) is 0 Å². The van der Waals surface area contributed by atoms with Crippen LogP contribution in [0.3, 0.4) is 0 Å². The molecule has 1 N–H and O–H groups in total. The number of carbonyl (C=O) groups excluding carboxylic acids is 1. The number of carbonyl (C=O) groups is 1. The maximum atomic E-state index is 13.2. The third-order valence-electron chi connectivity index (χ3n) is 4.74. The number of likely N-dealkylation sites (tertiary alicyclic amines) is 1. The maximum Gasteiger partial charge on any atom is 0.244 e. The molecule has 0 saturated carbocycles. The molecule has 0 bridgehead atoms. The molecule has 0 aromatic carbocycles. The average molecular weight is 302 g/mol. The Bertz CT molecular complexity index is 487. The minimum atomic E-state index is -0.157. The van der Waals surface area contributed by atoms with Gasteiger partial charge in [0.25, 0.3) is 0 Å². The van der Waals surface area contributed by atoms with Crippen molar-refractivity contribution in [1.82, 2.24) is 20.1 Å². The zero-order chi connectivity index (χ0) is 15.4. The molecule has 2 saturated heterocycles. The summed E-state index contributed by atoms with van der Waals surface area (Å²) in [5.74, 6) is 0.874. The molecule has 2 atom stereocenters. The van der Waals surface area contributed by atoms with Crippen LogP contribution in [0.1, 0.15) is 31.4 Å². The lowest BCUT2D eigenvalue weighted by Crippen LogP contribution is -2.51. The standard InChI is InChI=1S/C17H26N4O/c1-14-3-2-10-21(13-14)17(22)16(15-4-6-18-7-5-15)20-11-8-19-9-12-20/h4-7,14,16,19H,2-3,8-13H2,1H3. The molecule has 1 amide bonds. The zero-order valence-corrected chi connectivity index (χ0v) is 13.4. The minimum absolute atomic E-state index is 0.157. The summed E-state index contributed by atoms with van der Waals surface area (Å²) in [4.78, 5) is 21.7. The van der Waals surface area contributed by atoms with Crippen LogP contribution in [0.4, 0.5) is 0 Å². The van der Waals surface area contributed by atoms with E-state index in [0.29, 0.717) is 5.92 Å². The van der Waals surface area contributed by atoms with Gasteiger partial charge in [0.2, 0.25) is 5.91 Å². The zero-order valence-electron chi connectivity index (χ0n) is 13.4. The SMILES string of the molecule is CC1CCCN(C(=O)C(c2ccncc2)N2CCNCC2)C1. The number of nitrogens with zero attached hydrogens (tertiary/aromatic N) is 3. The van der Waals surface area contributed by atoms with E-state index in [4.69, 9.17) is 0 Å². The predicted molar refractivity (Wildman–Crippen MR) is 86.4 cm³/mol. The fraction of sp³-hybridized carbons (Fsp3) is 0.647. The molecule has 1 aromatic rings. The summed E-state index contributed by atoms with van der Waals surface area (Å²) in [6, 6.07) is 3.81. The van der Waals surface area contributed by atoms with Crippen LogP contribution in [0.25, 0.3) is 0 Å². The summed E-state index contributed by atoms with van der Waals surface area (Å²) in [6.07, 6.45) is 5.93. The lowest BCUT2D eigenvalue weighted by molar-refractivity contribution is -0.139. The fourth-order valence-corrected chi connectivity index (χ4v) is 3.56. The van der Waals surface area contributed by atoms with Crippen molar-refractivity contribution in [2.45, 2.75) is 25.8 Å². The summed E-state index contributed by atoms with van der Waals surface area (Å²) in [5.41, 5.74) is 1.07. The Morgan fingerprint density at radius 1 is 1.27 bits per heavy atom. The Balaban J connectivity index is 1.82. The minimum Gasteiger partial charge on any atom is -0.341 e. The number of rotatable bonds is 3. The van der Waals surface area contributed by atoms with Crippen LogP contribution in [0.15, 0.2) is 24.5 Å². The van der Waals surface area contributed by atoms with E-state index in [1.165, 1.54) is 6.42 Å².